The van der Waals surface area contributed by atoms with Gasteiger partial charge < -0.3 is 10.6 Å². The van der Waals surface area contributed by atoms with Crippen LogP contribution in [-0.4, -0.2) is 53.8 Å². The minimum Gasteiger partial charge on any atom is -0.333 e. The van der Waals surface area contributed by atoms with Gasteiger partial charge in [0.1, 0.15) is 17.3 Å². The Morgan fingerprint density at radius 1 is 1.27 bits per heavy atom. The number of nitrogens with one attached hydrogen (secondary N) is 1. The Labute approximate surface area is 199 Å². The summed E-state index contributed by atoms with van der Waals surface area (Å²) in [5.41, 5.74) is 7.90. The van der Waals surface area contributed by atoms with E-state index < -0.39 is 12.2 Å². The first kappa shape index (κ1) is 22.1. The fourth-order valence-electron chi connectivity index (χ4n) is 5.33. The first-order valence-corrected chi connectivity index (χ1v) is 11.0. The summed E-state index contributed by atoms with van der Waals surface area (Å²) in [5.74, 6) is 0.438. The smallest absolute Gasteiger partial charge is 0.266 e. The van der Waals surface area contributed by atoms with Gasteiger partial charge in [-0.2, -0.15) is 15.2 Å². The van der Waals surface area contributed by atoms with Gasteiger partial charge in [-0.05, 0) is 31.4 Å². The lowest BCUT2D eigenvalue weighted by molar-refractivity contribution is 0.202. The molecule has 0 radical (unpaired) electrons. The third kappa shape index (κ3) is 3.08. The lowest BCUT2D eigenvalue weighted by atomic mass is 9.96. The average molecular weight is 493 g/mol. The molecule has 0 spiro atoms. The number of hydrogen-bond donors (Lipinski definition) is 2. The molecule has 2 saturated heterocycles. The van der Waals surface area contributed by atoms with Crippen molar-refractivity contribution in [3.63, 3.8) is 0 Å². The highest BCUT2D eigenvalue weighted by atomic mass is 35.5. The number of nitrogens with zero attached hydrogens (tertiary/aromatic N) is 6. The molecule has 0 unspecified atom stereocenters. The van der Waals surface area contributed by atoms with Crippen LogP contribution in [0.15, 0.2) is 23.1 Å². The molecule has 3 aromatic heterocycles. The van der Waals surface area contributed by atoms with Crippen LogP contribution in [0.4, 0.5) is 10.3 Å². The fourth-order valence-corrected chi connectivity index (χ4v) is 5.63. The summed E-state index contributed by atoms with van der Waals surface area (Å²) in [6.07, 6.45) is 2.75. The van der Waals surface area contributed by atoms with Gasteiger partial charge in [0.05, 0.1) is 16.6 Å². The normalized spacial score (nSPS) is 24.6. The topological polar surface area (TPSA) is 111 Å². The van der Waals surface area contributed by atoms with Gasteiger partial charge in [-0.1, -0.05) is 11.6 Å². The van der Waals surface area contributed by atoms with E-state index in [0.717, 1.165) is 17.3 Å². The monoisotopic (exact) mass is 492 g/mol. The molecule has 9 nitrogen and oxygen atoms in total. The Morgan fingerprint density at radius 2 is 2.06 bits per heavy atom. The number of fused-ring (bicyclic) bond motifs is 4. The summed E-state index contributed by atoms with van der Waals surface area (Å²) < 4.78 is 18.0. The molecule has 3 N–H and O–H groups in total. The van der Waals surface area contributed by atoms with E-state index in [0.29, 0.717) is 46.1 Å². The van der Waals surface area contributed by atoms with Crippen LogP contribution in [0.5, 0.6) is 0 Å². The zero-order valence-corrected chi connectivity index (χ0v) is 19.6. The van der Waals surface area contributed by atoms with Gasteiger partial charge in [-0.3, -0.25) is 19.1 Å². The Morgan fingerprint density at radius 3 is 2.85 bits per heavy atom. The van der Waals surface area contributed by atoms with Gasteiger partial charge in [0, 0.05) is 43.3 Å². The predicted molar refractivity (Wildman–Crippen MR) is 128 cm³/mol. The summed E-state index contributed by atoms with van der Waals surface area (Å²) in [5, 5.41) is 13.2. The van der Waals surface area contributed by atoms with Crippen molar-refractivity contribution < 1.29 is 4.39 Å². The first-order valence-electron chi connectivity index (χ1n) is 10.6. The molecule has 0 amide bonds. The molecule has 2 bridgehead atoms. The maximum absolute atomic E-state index is 14.8. The second kappa shape index (κ2) is 7.68. The van der Waals surface area contributed by atoms with Gasteiger partial charge >= 0.3 is 0 Å². The van der Waals surface area contributed by atoms with E-state index >= 15 is 0 Å². The number of aromatic nitrogens is 6. The number of nitrogens with two attached hydrogens (primary N) is 1. The molecule has 0 saturated carbocycles. The van der Waals surface area contributed by atoms with Crippen LogP contribution in [0.2, 0.25) is 5.02 Å². The Balaban J connectivity index is 0.00000228. The standard InChI is InChI=1S/C21H22ClFN8O.ClH/c1-29-8-11-13(28-29)5-4-10(16(11)22)18-15-19(27-26-18)25-21(30(2)20(15)32)31-9-3-6-14(31)17(23)12(24)7-9;/h4-5,8-9,12,14,17H,3,6-7,24H2,1-2H3,(H,26,27);1H/t9-,12+,14+,17-;/m1./s1. The molecule has 5 heterocycles. The van der Waals surface area contributed by atoms with Crippen molar-refractivity contribution in [3.05, 3.63) is 33.7 Å². The third-order valence-electron chi connectivity index (χ3n) is 6.87. The van der Waals surface area contributed by atoms with Gasteiger partial charge in [0.2, 0.25) is 5.95 Å². The molecule has 1 aromatic carbocycles. The van der Waals surface area contributed by atoms with Crippen LogP contribution >= 0.6 is 24.0 Å². The Hall–Kier alpha value is -2.69. The summed E-state index contributed by atoms with van der Waals surface area (Å²) >= 11 is 6.67. The molecule has 12 heteroatoms. The summed E-state index contributed by atoms with van der Waals surface area (Å²) in [6, 6.07) is 2.87. The summed E-state index contributed by atoms with van der Waals surface area (Å²) in [7, 11) is 3.48. The predicted octanol–water partition coefficient (Wildman–Crippen LogP) is 2.69. The van der Waals surface area contributed by atoms with Crippen LogP contribution in [0.25, 0.3) is 33.2 Å². The van der Waals surface area contributed by atoms with Crippen molar-refractivity contribution in [1.29, 1.82) is 0 Å². The van der Waals surface area contributed by atoms with E-state index in [2.05, 4.69) is 15.3 Å². The summed E-state index contributed by atoms with van der Waals surface area (Å²) in [4.78, 5) is 20.1. The number of aromatic amines is 1. The first-order chi connectivity index (χ1) is 15.3. The molecule has 6 rings (SSSR count). The van der Waals surface area contributed by atoms with Crippen molar-refractivity contribution >= 4 is 51.9 Å². The van der Waals surface area contributed by atoms with Crippen LogP contribution in [0.1, 0.15) is 19.3 Å². The number of H-pyrrole nitrogens is 1. The number of alkyl halides is 1. The van der Waals surface area contributed by atoms with Gasteiger partial charge in [-0.25, -0.2) is 4.39 Å². The number of halogens is 3. The maximum Gasteiger partial charge on any atom is 0.266 e. The SMILES string of the molecule is Cl.Cn1cc2c(Cl)c(-c3n[nH]c4nc(N5[C@@H]6CC[C@H]5[C@H](F)[C@@H](N)C6)n(C)c(=O)c34)ccc2n1. The van der Waals surface area contributed by atoms with Crippen LogP contribution < -0.4 is 16.2 Å². The fraction of sp³-hybridized carbons (Fsp3) is 0.429. The number of rotatable bonds is 2. The molecule has 33 heavy (non-hydrogen) atoms. The zero-order chi connectivity index (χ0) is 22.3. The Kier molecular flexibility index (Phi) is 5.15. The summed E-state index contributed by atoms with van der Waals surface area (Å²) in [6.45, 7) is 0. The van der Waals surface area contributed by atoms with Crippen molar-refractivity contribution in [3.8, 4) is 11.3 Å². The molecular weight excluding hydrogens is 470 g/mol. The molecule has 2 fully saturated rings. The second-order valence-corrected chi connectivity index (χ2v) is 9.16. The lowest BCUT2D eigenvalue weighted by Gasteiger charge is -2.41. The van der Waals surface area contributed by atoms with Crippen molar-refractivity contribution in [2.24, 2.45) is 19.8 Å². The molecule has 2 aliphatic heterocycles. The van der Waals surface area contributed by atoms with Gasteiger partial charge in [-0.15, -0.1) is 12.4 Å². The molecule has 0 aliphatic carbocycles. The minimum absolute atomic E-state index is 0. The quantitative estimate of drug-likeness (QED) is 0.445. The zero-order valence-electron chi connectivity index (χ0n) is 18.0. The van der Waals surface area contributed by atoms with Crippen molar-refractivity contribution in [1.82, 2.24) is 29.5 Å². The highest BCUT2D eigenvalue weighted by molar-refractivity contribution is 6.38. The van der Waals surface area contributed by atoms with E-state index in [1.165, 1.54) is 4.57 Å². The molecular formula is C21H23Cl2FN8O. The largest absolute Gasteiger partial charge is 0.333 e. The Bertz CT molecular complexity index is 1450. The van der Waals surface area contributed by atoms with Crippen molar-refractivity contribution in [2.45, 2.75) is 43.6 Å². The second-order valence-electron chi connectivity index (χ2n) is 8.78. The molecule has 2 aliphatic rings. The van der Waals surface area contributed by atoms with E-state index in [1.807, 2.05) is 24.2 Å². The molecule has 4 aromatic rings. The average Bonchev–Trinajstić information content (AvgIpc) is 3.44. The van der Waals surface area contributed by atoms with E-state index in [-0.39, 0.29) is 30.0 Å². The molecule has 174 valence electrons. The highest BCUT2D eigenvalue weighted by Crippen LogP contribution is 2.40. The number of aryl methyl sites for hydroxylation is 1. The number of benzene rings is 1. The van der Waals surface area contributed by atoms with Crippen LogP contribution in [0, 0.1) is 0 Å². The molecule has 4 atom stereocenters. The number of piperidine rings is 1. The lowest BCUT2D eigenvalue weighted by Crippen LogP contribution is -2.56. The van der Waals surface area contributed by atoms with Crippen LogP contribution in [-0.2, 0) is 14.1 Å². The maximum atomic E-state index is 14.8. The van der Waals surface area contributed by atoms with Gasteiger partial charge in [0.25, 0.3) is 5.56 Å². The minimum atomic E-state index is -1.15. The van der Waals surface area contributed by atoms with E-state index in [1.54, 1.807) is 17.8 Å². The van der Waals surface area contributed by atoms with E-state index in [4.69, 9.17) is 22.3 Å². The third-order valence-corrected chi connectivity index (χ3v) is 7.28. The van der Waals surface area contributed by atoms with Gasteiger partial charge in [0.15, 0.2) is 5.65 Å². The van der Waals surface area contributed by atoms with E-state index in [9.17, 15) is 9.18 Å². The van der Waals surface area contributed by atoms with Crippen molar-refractivity contribution in [2.75, 3.05) is 4.90 Å². The van der Waals surface area contributed by atoms with Crippen LogP contribution in [0.3, 0.4) is 0 Å². The highest BCUT2D eigenvalue weighted by Gasteiger charge is 2.48. The number of anilines is 1. The number of hydrogen-bond acceptors (Lipinski definition) is 6.